The summed E-state index contributed by atoms with van der Waals surface area (Å²) in [6, 6.07) is 4.90. The van der Waals surface area contributed by atoms with Gasteiger partial charge in [0.05, 0.1) is 13.2 Å². The van der Waals surface area contributed by atoms with Crippen molar-refractivity contribution in [2.24, 2.45) is 5.92 Å². The molecule has 106 valence electrons. The predicted molar refractivity (Wildman–Crippen MR) is 72.8 cm³/mol. The summed E-state index contributed by atoms with van der Waals surface area (Å²) in [6.07, 6.45) is 2.10. The minimum Gasteiger partial charge on any atom is -0.493 e. The molecule has 0 aromatic heterocycles. The van der Waals surface area contributed by atoms with E-state index >= 15 is 0 Å². The van der Waals surface area contributed by atoms with E-state index in [0.717, 1.165) is 38.2 Å². The molecule has 1 atom stereocenters. The first-order valence-electron chi connectivity index (χ1n) is 6.98. The summed E-state index contributed by atoms with van der Waals surface area (Å²) < 4.78 is 24.5. The third-order valence-corrected chi connectivity index (χ3v) is 3.20. The molecule has 1 aliphatic heterocycles. The van der Waals surface area contributed by atoms with Crippen molar-refractivity contribution in [1.29, 1.82) is 0 Å². The zero-order valence-corrected chi connectivity index (χ0v) is 11.5. The molecule has 2 rings (SSSR count). The second-order valence-corrected chi connectivity index (χ2v) is 5.01. The number of rotatable bonds is 7. The molecule has 1 aromatic rings. The van der Waals surface area contributed by atoms with Gasteiger partial charge in [-0.05, 0) is 37.1 Å². The van der Waals surface area contributed by atoms with E-state index in [-0.39, 0.29) is 5.82 Å². The Balaban J connectivity index is 1.87. The Hall–Kier alpha value is -1.13. The summed E-state index contributed by atoms with van der Waals surface area (Å²) >= 11 is 0. The van der Waals surface area contributed by atoms with Gasteiger partial charge in [0.1, 0.15) is 11.6 Å². The van der Waals surface area contributed by atoms with Crippen LogP contribution in [0.5, 0.6) is 5.75 Å². The Morgan fingerprint density at radius 2 is 2.32 bits per heavy atom. The van der Waals surface area contributed by atoms with E-state index in [9.17, 15) is 4.39 Å². The van der Waals surface area contributed by atoms with E-state index in [1.807, 2.05) is 6.07 Å². The zero-order chi connectivity index (χ0) is 13.5. The number of nitrogens with one attached hydrogen (secondary N) is 1. The highest BCUT2D eigenvalue weighted by Gasteiger charge is 2.16. The third-order valence-electron chi connectivity index (χ3n) is 3.20. The second-order valence-electron chi connectivity index (χ2n) is 5.01. The van der Waals surface area contributed by atoms with Gasteiger partial charge in [0.25, 0.3) is 0 Å². The standard InChI is InChI=1S/C15H22FNO2/c1-2-4-17-9-13-6-14(16)8-15(7-13)19-11-12-3-5-18-10-12/h6-8,12,17H,2-5,9-11H2,1H3. The first-order valence-corrected chi connectivity index (χ1v) is 6.98. The van der Waals surface area contributed by atoms with Gasteiger partial charge in [0.15, 0.2) is 0 Å². The molecular weight excluding hydrogens is 245 g/mol. The summed E-state index contributed by atoms with van der Waals surface area (Å²) in [4.78, 5) is 0. The van der Waals surface area contributed by atoms with Crippen molar-refractivity contribution in [2.75, 3.05) is 26.4 Å². The minimum atomic E-state index is -0.242. The first-order chi connectivity index (χ1) is 9.28. The number of hydrogen-bond donors (Lipinski definition) is 1. The number of ether oxygens (including phenoxy) is 2. The first kappa shape index (κ1) is 14.3. The molecule has 1 aromatic carbocycles. The van der Waals surface area contributed by atoms with Gasteiger partial charge in [-0.2, -0.15) is 0 Å². The van der Waals surface area contributed by atoms with Crippen LogP contribution in [0, 0.1) is 11.7 Å². The predicted octanol–water partition coefficient (Wildman–Crippen LogP) is 2.74. The average Bonchev–Trinajstić information content (AvgIpc) is 2.89. The summed E-state index contributed by atoms with van der Waals surface area (Å²) in [5.41, 5.74) is 0.922. The molecule has 0 aliphatic carbocycles. The lowest BCUT2D eigenvalue weighted by atomic mass is 10.1. The molecule has 0 amide bonds. The van der Waals surface area contributed by atoms with E-state index in [1.165, 1.54) is 6.07 Å². The molecular formula is C15H22FNO2. The van der Waals surface area contributed by atoms with Gasteiger partial charge < -0.3 is 14.8 Å². The monoisotopic (exact) mass is 267 g/mol. The van der Waals surface area contributed by atoms with Crippen LogP contribution in [0.25, 0.3) is 0 Å². The summed E-state index contributed by atoms with van der Waals surface area (Å²) in [6.45, 7) is 5.88. The Morgan fingerprint density at radius 1 is 1.42 bits per heavy atom. The zero-order valence-electron chi connectivity index (χ0n) is 11.5. The molecule has 0 spiro atoms. The largest absolute Gasteiger partial charge is 0.493 e. The molecule has 0 bridgehead atoms. The molecule has 1 heterocycles. The van der Waals surface area contributed by atoms with Crippen LogP contribution in [0.1, 0.15) is 25.3 Å². The van der Waals surface area contributed by atoms with Gasteiger partial charge in [0.2, 0.25) is 0 Å². The van der Waals surface area contributed by atoms with Crippen molar-refractivity contribution in [2.45, 2.75) is 26.3 Å². The molecule has 1 aliphatic rings. The SMILES string of the molecule is CCCNCc1cc(F)cc(OCC2CCOC2)c1. The van der Waals surface area contributed by atoms with E-state index in [4.69, 9.17) is 9.47 Å². The second kappa shape index (κ2) is 7.46. The molecule has 1 saturated heterocycles. The maximum Gasteiger partial charge on any atom is 0.127 e. The molecule has 1 fully saturated rings. The smallest absolute Gasteiger partial charge is 0.127 e. The fourth-order valence-electron chi connectivity index (χ4n) is 2.14. The van der Waals surface area contributed by atoms with Crippen molar-refractivity contribution >= 4 is 0 Å². The van der Waals surface area contributed by atoms with E-state index < -0.39 is 0 Å². The van der Waals surface area contributed by atoms with Crippen LogP contribution in [0.4, 0.5) is 4.39 Å². The van der Waals surface area contributed by atoms with E-state index in [0.29, 0.717) is 24.8 Å². The topological polar surface area (TPSA) is 30.5 Å². The Bertz CT molecular complexity index is 392. The Labute approximate surface area is 114 Å². The van der Waals surface area contributed by atoms with Gasteiger partial charge in [-0.3, -0.25) is 0 Å². The maximum absolute atomic E-state index is 13.5. The summed E-state index contributed by atoms with van der Waals surface area (Å²) in [7, 11) is 0. The van der Waals surface area contributed by atoms with Crippen LogP contribution in [-0.4, -0.2) is 26.4 Å². The number of halogens is 1. The van der Waals surface area contributed by atoms with Crippen LogP contribution in [-0.2, 0) is 11.3 Å². The molecule has 4 heteroatoms. The van der Waals surface area contributed by atoms with Crippen LogP contribution in [0.2, 0.25) is 0 Å². The van der Waals surface area contributed by atoms with E-state index in [1.54, 1.807) is 6.07 Å². The Morgan fingerprint density at radius 3 is 3.05 bits per heavy atom. The number of hydrogen-bond acceptors (Lipinski definition) is 3. The van der Waals surface area contributed by atoms with Crippen molar-refractivity contribution < 1.29 is 13.9 Å². The van der Waals surface area contributed by atoms with Crippen molar-refractivity contribution in [3.63, 3.8) is 0 Å². The lowest BCUT2D eigenvalue weighted by Crippen LogP contribution is -2.15. The highest BCUT2D eigenvalue weighted by molar-refractivity contribution is 5.29. The van der Waals surface area contributed by atoms with Gasteiger partial charge in [-0.15, -0.1) is 0 Å². The number of benzene rings is 1. The highest BCUT2D eigenvalue weighted by Crippen LogP contribution is 2.19. The summed E-state index contributed by atoms with van der Waals surface area (Å²) in [5, 5.41) is 3.26. The fraction of sp³-hybridized carbons (Fsp3) is 0.600. The molecule has 0 radical (unpaired) electrons. The summed E-state index contributed by atoms with van der Waals surface area (Å²) in [5.74, 6) is 0.804. The lowest BCUT2D eigenvalue weighted by Gasteiger charge is -2.12. The molecule has 0 saturated carbocycles. The average molecular weight is 267 g/mol. The van der Waals surface area contributed by atoms with Crippen LogP contribution < -0.4 is 10.1 Å². The Kier molecular flexibility index (Phi) is 5.61. The lowest BCUT2D eigenvalue weighted by molar-refractivity contribution is 0.167. The third kappa shape index (κ3) is 4.80. The van der Waals surface area contributed by atoms with E-state index in [2.05, 4.69) is 12.2 Å². The maximum atomic E-state index is 13.5. The van der Waals surface area contributed by atoms with Crippen LogP contribution in [0.3, 0.4) is 0 Å². The van der Waals surface area contributed by atoms with Gasteiger partial charge in [-0.25, -0.2) is 4.39 Å². The molecule has 19 heavy (non-hydrogen) atoms. The van der Waals surface area contributed by atoms with Crippen molar-refractivity contribution in [1.82, 2.24) is 5.32 Å². The van der Waals surface area contributed by atoms with Gasteiger partial charge in [0, 0.05) is 25.1 Å². The quantitative estimate of drug-likeness (QED) is 0.771. The van der Waals surface area contributed by atoms with Crippen LogP contribution >= 0.6 is 0 Å². The van der Waals surface area contributed by atoms with Crippen molar-refractivity contribution in [3.8, 4) is 5.75 Å². The molecule has 3 nitrogen and oxygen atoms in total. The van der Waals surface area contributed by atoms with Crippen molar-refractivity contribution in [3.05, 3.63) is 29.6 Å². The minimum absolute atomic E-state index is 0.242. The van der Waals surface area contributed by atoms with Gasteiger partial charge >= 0.3 is 0 Å². The highest BCUT2D eigenvalue weighted by atomic mass is 19.1. The van der Waals surface area contributed by atoms with Gasteiger partial charge in [-0.1, -0.05) is 6.92 Å². The molecule has 1 N–H and O–H groups in total. The van der Waals surface area contributed by atoms with Crippen LogP contribution in [0.15, 0.2) is 18.2 Å². The fourth-order valence-corrected chi connectivity index (χ4v) is 2.14. The normalized spacial score (nSPS) is 18.7. The molecule has 1 unspecified atom stereocenters.